The van der Waals surface area contributed by atoms with Crippen molar-refractivity contribution in [1.29, 1.82) is 0 Å². The van der Waals surface area contributed by atoms with Gasteiger partial charge in [0.1, 0.15) is 12.4 Å². The highest BCUT2D eigenvalue weighted by atomic mass is 28.3. The topological polar surface area (TPSA) is 88.5 Å². The van der Waals surface area contributed by atoms with Gasteiger partial charge in [0.05, 0.1) is 30.3 Å². The molecule has 42 heavy (non-hydrogen) atoms. The summed E-state index contributed by atoms with van der Waals surface area (Å²) in [7, 11) is -1.15. The van der Waals surface area contributed by atoms with E-state index in [0.717, 1.165) is 78.3 Å². The molecule has 1 saturated heterocycles. The number of hydrogen-bond donors (Lipinski definition) is 1. The molecule has 0 spiro atoms. The number of rotatable bonds is 10. The number of fused-ring (bicyclic) bond motifs is 3. The van der Waals surface area contributed by atoms with E-state index in [1.54, 1.807) is 0 Å². The fourth-order valence-corrected chi connectivity index (χ4v) is 7.55. The van der Waals surface area contributed by atoms with E-state index in [-0.39, 0.29) is 11.9 Å². The standard InChI is InChI=1S/C32H48N6O3Si/c1-8-37(31(39)22(3)36-9-11-40-12-10-36)27-17-26-25(15-21(27)2)33-30(34-26)29-24-16-23-18-32(23,4)19-28(24)38(35-29)20-41-13-14-42(5,6)7/h15,17,22-23H,8-14,16,18-20H2,1-7H3,(H,33,34)/t22-,23+,32+/m0/s1. The third-order valence-electron chi connectivity index (χ3n) is 9.78. The summed E-state index contributed by atoms with van der Waals surface area (Å²) in [6.07, 6.45) is 3.38. The average molecular weight is 593 g/mol. The van der Waals surface area contributed by atoms with Crippen molar-refractivity contribution in [2.45, 2.75) is 85.4 Å². The normalized spacial score (nSPS) is 23.1. The maximum absolute atomic E-state index is 13.7. The summed E-state index contributed by atoms with van der Waals surface area (Å²) in [5, 5.41) is 5.11. The van der Waals surface area contributed by atoms with Crippen LogP contribution in [-0.4, -0.2) is 84.1 Å². The van der Waals surface area contributed by atoms with Crippen LogP contribution in [0.15, 0.2) is 12.1 Å². The highest BCUT2D eigenvalue weighted by Crippen LogP contribution is 2.60. The van der Waals surface area contributed by atoms with Crippen molar-refractivity contribution in [2.75, 3.05) is 44.4 Å². The lowest BCUT2D eigenvalue weighted by Crippen LogP contribution is -2.51. The van der Waals surface area contributed by atoms with Gasteiger partial charge < -0.3 is 19.4 Å². The van der Waals surface area contributed by atoms with E-state index in [9.17, 15) is 4.79 Å². The number of aryl methyl sites for hydroxylation is 1. The molecule has 0 radical (unpaired) electrons. The van der Waals surface area contributed by atoms with E-state index in [0.29, 0.717) is 31.9 Å². The molecule has 10 heteroatoms. The van der Waals surface area contributed by atoms with Gasteiger partial charge in [-0.15, -0.1) is 0 Å². The Labute approximate surface area is 251 Å². The molecule has 6 rings (SSSR count). The van der Waals surface area contributed by atoms with Gasteiger partial charge in [-0.05, 0) is 75.1 Å². The zero-order valence-corrected chi connectivity index (χ0v) is 27.5. The lowest BCUT2D eigenvalue weighted by atomic mass is 9.87. The number of ether oxygens (including phenoxy) is 2. The number of aromatic nitrogens is 4. The minimum atomic E-state index is -1.15. The molecule has 9 nitrogen and oxygen atoms in total. The van der Waals surface area contributed by atoms with Crippen molar-refractivity contribution in [2.24, 2.45) is 11.3 Å². The van der Waals surface area contributed by atoms with Gasteiger partial charge >= 0.3 is 0 Å². The Hall–Kier alpha value is -2.53. The minimum absolute atomic E-state index is 0.118. The van der Waals surface area contributed by atoms with Crippen molar-refractivity contribution in [3.63, 3.8) is 0 Å². The zero-order chi connectivity index (χ0) is 29.8. The molecule has 3 heterocycles. The summed E-state index contributed by atoms with van der Waals surface area (Å²) in [5.41, 5.74) is 7.79. The summed E-state index contributed by atoms with van der Waals surface area (Å²) in [5.74, 6) is 1.65. The first kappa shape index (κ1) is 29.5. The maximum Gasteiger partial charge on any atom is 0.244 e. The van der Waals surface area contributed by atoms with Gasteiger partial charge in [-0.25, -0.2) is 9.67 Å². The molecule has 1 aliphatic heterocycles. The second kappa shape index (κ2) is 11.2. The van der Waals surface area contributed by atoms with Gasteiger partial charge in [-0.3, -0.25) is 9.69 Å². The third-order valence-corrected chi connectivity index (χ3v) is 11.5. The lowest BCUT2D eigenvalue weighted by Gasteiger charge is -2.34. The molecular weight excluding hydrogens is 544 g/mol. The Morgan fingerprint density at radius 1 is 1.29 bits per heavy atom. The molecule has 3 aromatic rings. The number of carbonyl (C=O) groups is 1. The van der Waals surface area contributed by atoms with Crippen LogP contribution in [0.4, 0.5) is 5.69 Å². The first-order valence-corrected chi connectivity index (χ1v) is 19.5. The largest absolute Gasteiger partial charge is 0.379 e. The molecule has 1 saturated carbocycles. The van der Waals surface area contributed by atoms with Crippen LogP contribution in [-0.2, 0) is 33.8 Å². The van der Waals surface area contributed by atoms with E-state index in [1.165, 1.54) is 17.7 Å². The number of H-pyrrole nitrogens is 1. The predicted molar refractivity (Wildman–Crippen MR) is 170 cm³/mol. The molecule has 1 aromatic carbocycles. The highest BCUT2D eigenvalue weighted by molar-refractivity contribution is 6.76. The Balaban J connectivity index is 1.29. The SMILES string of the molecule is CCN(C(=O)[C@H](C)N1CCOCC1)c1cc2nc(-c3nn(COCC[Si](C)(C)C)c4c3C[C@@H]3C[C@]3(C)C4)[nH]c2cc1C. The van der Waals surface area contributed by atoms with Crippen molar-refractivity contribution >= 4 is 30.7 Å². The Morgan fingerprint density at radius 3 is 2.76 bits per heavy atom. The van der Waals surface area contributed by atoms with Gasteiger partial charge in [0, 0.05) is 51.3 Å². The maximum atomic E-state index is 13.7. The molecular formula is C32H48N6O3Si. The molecule has 1 N–H and O–H groups in total. The molecule has 2 fully saturated rings. The average Bonchev–Trinajstić information content (AvgIpc) is 3.26. The van der Waals surface area contributed by atoms with Crippen LogP contribution in [0, 0.1) is 18.3 Å². The van der Waals surface area contributed by atoms with Crippen LogP contribution < -0.4 is 4.90 Å². The number of likely N-dealkylation sites (N-methyl/N-ethyl adjacent to an activating group) is 1. The van der Waals surface area contributed by atoms with Crippen LogP contribution >= 0.6 is 0 Å². The minimum Gasteiger partial charge on any atom is -0.379 e. The molecule has 2 aromatic heterocycles. The van der Waals surface area contributed by atoms with E-state index in [2.05, 4.69) is 60.2 Å². The number of imidazole rings is 1. The fourth-order valence-electron chi connectivity index (χ4n) is 6.79. The number of morpholine rings is 1. The van der Waals surface area contributed by atoms with Crippen LogP contribution in [0.25, 0.3) is 22.6 Å². The molecule has 2 aliphatic carbocycles. The van der Waals surface area contributed by atoms with E-state index in [1.807, 2.05) is 18.7 Å². The van der Waals surface area contributed by atoms with E-state index >= 15 is 0 Å². The molecule has 228 valence electrons. The monoisotopic (exact) mass is 592 g/mol. The van der Waals surface area contributed by atoms with Crippen molar-refractivity contribution in [1.82, 2.24) is 24.6 Å². The van der Waals surface area contributed by atoms with Crippen molar-refractivity contribution in [3.8, 4) is 11.5 Å². The molecule has 3 aliphatic rings. The molecule has 0 unspecified atom stereocenters. The smallest absolute Gasteiger partial charge is 0.244 e. The number of amides is 1. The number of nitrogens with zero attached hydrogens (tertiary/aromatic N) is 5. The first-order chi connectivity index (χ1) is 20.0. The number of benzene rings is 1. The van der Waals surface area contributed by atoms with Gasteiger partial charge in [-0.2, -0.15) is 5.10 Å². The lowest BCUT2D eigenvalue weighted by molar-refractivity contribution is -0.124. The van der Waals surface area contributed by atoms with Crippen LogP contribution in [0.1, 0.15) is 44.0 Å². The van der Waals surface area contributed by atoms with Gasteiger partial charge in [-0.1, -0.05) is 26.6 Å². The summed E-state index contributed by atoms with van der Waals surface area (Å²) < 4.78 is 13.8. The van der Waals surface area contributed by atoms with Crippen LogP contribution in [0.5, 0.6) is 0 Å². The van der Waals surface area contributed by atoms with Gasteiger partial charge in [0.2, 0.25) is 5.91 Å². The number of hydrogen-bond acceptors (Lipinski definition) is 6. The quantitative estimate of drug-likeness (QED) is 0.256. The molecule has 1 amide bonds. The Bertz CT molecular complexity index is 1470. The van der Waals surface area contributed by atoms with Crippen LogP contribution in [0.3, 0.4) is 0 Å². The van der Waals surface area contributed by atoms with E-state index in [4.69, 9.17) is 19.6 Å². The summed E-state index contributed by atoms with van der Waals surface area (Å²) in [4.78, 5) is 26.4. The highest BCUT2D eigenvalue weighted by Gasteiger charge is 2.54. The summed E-state index contributed by atoms with van der Waals surface area (Å²) in [6, 6.07) is 5.14. The number of aromatic amines is 1. The Kier molecular flexibility index (Phi) is 7.87. The predicted octanol–water partition coefficient (Wildman–Crippen LogP) is 5.25. The van der Waals surface area contributed by atoms with Crippen molar-refractivity contribution < 1.29 is 14.3 Å². The van der Waals surface area contributed by atoms with E-state index < -0.39 is 8.07 Å². The molecule has 3 atom stereocenters. The Morgan fingerprint density at radius 2 is 2.05 bits per heavy atom. The summed E-state index contributed by atoms with van der Waals surface area (Å²) >= 11 is 0. The van der Waals surface area contributed by atoms with Crippen LogP contribution in [0.2, 0.25) is 25.7 Å². The number of nitrogens with one attached hydrogen (secondary N) is 1. The van der Waals surface area contributed by atoms with Gasteiger partial charge in [0.25, 0.3) is 0 Å². The second-order valence-electron chi connectivity index (χ2n) is 14.2. The zero-order valence-electron chi connectivity index (χ0n) is 26.5. The summed E-state index contributed by atoms with van der Waals surface area (Å²) in [6.45, 7) is 20.5. The van der Waals surface area contributed by atoms with Crippen molar-refractivity contribution in [3.05, 3.63) is 29.0 Å². The third kappa shape index (κ3) is 5.70. The van der Waals surface area contributed by atoms with Gasteiger partial charge in [0.15, 0.2) is 5.82 Å². The first-order valence-electron chi connectivity index (χ1n) is 15.8. The number of anilines is 1. The second-order valence-corrected chi connectivity index (χ2v) is 19.8. The number of carbonyl (C=O) groups excluding carboxylic acids is 1. The molecule has 0 bridgehead atoms. The fraction of sp³-hybridized carbons (Fsp3) is 0.656.